The first-order valence-electron chi connectivity index (χ1n) is 8.98. The van der Waals surface area contributed by atoms with Crippen molar-refractivity contribution in [3.8, 4) is 0 Å². The molecular weight excluding hydrogens is 362 g/mol. The van der Waals surface area contributed by atoms with Gasteiger partial charge in [0.05, 0.1) is 11.3 Å². The van der Waals surface area contributed by atoms with Crippen LogP contribution in [0.2, 0.25) is 0 Å². The molecule has 146 valence electrons. The molecule has 2 amide bonds. The highest BCUT2D eigenvalue weighted by atomic mass is 35.5. The SMILES string of the molecule is CCC(CC(=O)Nc1ccccc1C(=O)NCCN)c1ccc(C)cc1.Cl. The van der Waals surface area contributed by atoms with Crippen molar-refractivity contribution in [3.63, 3.8) is 0 Å². The summed E-state index contributed by atoms with van der Waals surface area (Å²) in [6, 6.07) is 15.3. The Morgan fingerprint density at radius 1 is 1.07 bits per heavy atom. The minimum Gasteiger partial charge on any atom is -0.351 e. The Kier molecular flexibility index (Phi) is 9.54. The topological polar surface area (TPSA) is 84.2 Å². The molecule has 0 aromatic heterocycles. The lowest BCUT2D eigenvalue weighted by Gasteiger charge is -2.16. The molecule has 5 nitrogen and oxygen atoms in total. The lowest BCUT2D eigenvalue weighted by Crippen LogP contribution is -2.30. The summed E-state index contributed by atoms with van der Waals surface area (Å²) >= 11 is 0. The van der Waals surface area contributed by atoms with Gasteiger partial charge in [0.15, 0.2) is 0 Å². The van der Waals surface area contributed by atoms with Gasteiger partial charge in [-0.2, -0.15) is 0 Å². The molecular formula is C21H28ClN3O2. The van der Waals surface area contributed by atoms with Crippen molar-refractivity contribution in [1.82, 2.24) is 5.32 Å². The van der Waals surface area contributed by atoms with Crippen molar-refractivity contribution < 1.29 is 9.59 Å². The van der Waals surface area contributed by atoms with Crippen molar-refractivity contribution >= 4 is 29.9 Å². The second-order valence-electron chi connectivity index (χ2n) is 6.36. The summed E-state index contributed by atoms with van der Waals surface area (Å²) in [5, 5.41) is 5.61. The molecule has 27 heavy (non-hydrogen) atoms. The zero-order valence-electron chi connectivity index (χ0n) is 15.8. The van der Waals surface area contributed by atoms with Crippen molar-refractivity contribution in [1.29, 1.82) is 0 Å². The smallest absolute Gasteiger partial charge is 0.253 e. The number of amides is 2. The van der Waals surface area contributed by atoms with Crippen LogP contribution in [0.5, 0.6) is 0 Å². The number of nitrogens with one attached hydrogen (secondary N) is 2. The summed E-state index contributed by atoms with van der Waals surface area (Å²) in [6.45, 7) is 4.89. The molecule has 0 saturated carbocycles. The van der Waals surface area contributed by atoms with Gasteiger partial charge in [-0.3, -0.25) is 9.59 Å². The van der Waals surface area contributed by atoms with E-state index in [1.807, 2.05) is 6.92 Å². The van der Waals surface area contributed by atoms with Crippen LogP contribution >= 0.6 is 12.4 Å². The number of anilines is 1. The maximum Gasteiger partial charge on any atom is 0.253 e. The van der Waals surface area contributed by atoms with E-state index >= 15 is 0 Å². The van der Waals surface area contributed by atoms with E-state index in [0.717, 1.165) is 12.0 Å². The molecule has 0 heterocycles. The third kappa shape index (κ3) is 6.70. The Bertz CT molecular complexity index is 747. The average molecular weight is 390 g/mol. The third-order valence-corrected chi connectivity index (χ3v) is 4.35. The first kappa shape index (κ1) is 22.7. The van der Waals surface area contributed by atoms with Gasteiger partial charge in [-0.05, 0) is 37.0 Å². The van der Waals surface area contributed by atoms with E-state index in [1.54, 1.807) is 24.3 Å². The lowest BCUT2D eigenvalue weighted by molar-refractivity contribution is -0.116. The number of benzene rings is 2. The second kappa shape index (κ2) is 11.4. The van der Waals surface area contributed by atoms with E-state index in [-0.39, 0.29) is 30.1 Å². The Labute approximate surface area is 167 Å². The van der Waals surface area contributed by atoms with E-state index < -0.39 is 0 Å². The largest absolute Gasteiger partial charge is 0.351 e. The van der Waals surface area contributed by atoms with Crippen LogP contribution in [0.15, 0.2) is 48.5 Å². The van der Waals surface area contributed by atoms with E-state index in [9.17, 15) is 9.59 Å². The number of nitrogens with two attached hydrogens (primary N) is 1. The van der Waals surface area contributed by atoms with Gasteiger partial charge in [0.1, 0.15) is 0 Å². The van der Waals surface area contributed by atoms with Gasteiger partial charge in [0.25, 0.3) is 5.91 Å². The molecule has 0 saturated heterocycles. The Balaban J connectivity index is 0.00000364. The highest BCUT2D eigenvalue weighted by Crippen LogP contribution is 2.25. The quantitative estimate of drug-likeness (QED) is 0.644. The summed E-state index contributed by atoms with van der Waals surface area (Å²) < 4.78 is 0. The fourth-order valence-electron chi connectivity index (χ4n) is 2.83. The number of halogens is 1. The van der Waals surface area contributed by atoms with Gasteiger partial charge in [0, 0.05) is 19.5 Å². The van der Waals surface area contributed by atoms with Crippen LogP contribution in [0.25, 0.3) is 0 Å². The van der Waals surface area contributed by atoms with Gasteiger partial charge in [-0.1, -0.05) is 48.9 Å². The molecule has 2 aromatic rings. The molecule has 0 spiro atoms. The summed E-state index contributed by atoms with van der Waals surface area (Å²) in [5.74, 6) is -0.192. The summed E-state index contributed by atoms with van der Waals surface area (Å²) in [7, 11) is 0. The standard InChI is InChI=1S/C21H27N3O2.ClH/c1-3-16(17-10-8-15(2)9-11-17)14-20(25)24-19-7-5-4-6-18(19)21(26)23-13-12-22;/h4-11,16H,3,12-14,22H2,1-2H3,(H,23,26)(H,24,25);1H. The van der Waals surface area contributed by atoms with E-state index in [1.165, 1.54) is 5.56 Å². The Morgan fingerprint density at radius 2 is 1.74 bits per heavy atom. The van der Waals surface area contributed by atoms with Crippen LogP contribution in [0, 0.1) is 6.92 Å². The van der Waals surface area contributed by atoms with Crippen LogP contribution in [-0.4, -0.2) is 24.9 Å². The predicted octanol–water partition coefficient (Wildman–Crippen LogP) is 3.63. The fraction of sp³-hybridized carbons (Fsp3) is 0.333. The van der Waals surface area contributed by atoms with Crippen molar-refractivity contribution in [2.75, 3.05) is 18.4 Å². The first-order valence-corrected chi connectivity index (χ1v) is 8.98. The molecule has 0 bridgehead atoms. The first-order chi connectivity index (χ1) is 12.5. The summed E-state index contributed by atoms with van der Waals surface area (Å²) in [5.41, 5.74) is 8.74. The van der Waals surface area contributed by atoms with Crippen LogP contribution in [0.1, 0.15) is 47.2 Å². The van der Waals surface area contributed by atoms with Gasteiger partial charge in [-0.15, -0.1) is 12.4 Å². The van der Waals surface area contributed by atoms with Crippen molar-refractivity contribution in [2.24, 2.45) is 5.73 Å². The number of carbonyl (C=O) groups is 2. The van der Waals surface area contributed by atoms with E-state index in [2.05, 4.69) is 41.8 Å². The Morgan fingerprint density at radius 3 is 2.37 bits per heavy atom. The van der Waals surface area contributed by atoms with Crippen molar-refractivity contribution in [2.45, 2.75) is 32.6 Å². The third-order valence-electron chi connectivity index (χ3n) is 4.35. The molecule has 1 unspecified atom stereocenters. The molecule has 6 heteroatoms. The van der Waals surface area contributed by atoms with Gasteiger partial charge in [0.2, 0.25) is 5.91 Å². The molecule has 0 aliphatic rings. The lowest BCUT2D eigenvalue weighted by atomic mass is 9.92. The average Bonchev–Trinajstić information content (AvgIpc) is 2.65. The number of aryl methyl sites for hydroxylation is 1. The molecule has 0 aliphatic heterocycles. The highest BCUT2D eigenvalue weighted by molar-refractivity contribution is 6.03. The number of para-hydroxylation sites is 1. The fourth-order valence-corrected chi connectivity index (χ4v) is 2.83. The Hall–Kier alpha value is -2.37. The van der Waals surface area contributed by atoms with E-state index in [0.29, 0.717) is 30.8 Å². The molecule has 4 N–H and O–H groups in total. The van der Waals surface area contributed by atoms with E-state index in [4.69, 9.17) is 5.73 Å². The van der Waals surface area contributed by atoms with Crippen molar-refractivity contribution in [3.05, 3.63) is 65.2 Å². The maximum atomic E-state index is 12.5. The molecule has 0 radical (unpaired) electrons. The number of hydrogen-bond donors (Lipinski definition) is 3. The zero-order valence-corrected chi connectivity index (χ0v) is 16.6. The number of rotatable bonds is 8. The van der Waals surface area contributed by atoms with Gasteiger partial charge >= 0.3 is 0 Å². The van der Waals surface area contributed by atoms with Gasteiger partial charge in [-0.25, -0.2) is 0 Å². The summed E-state index contributed by atoms with van der Waals surface area (Å²) in [4.78, 5) is 24.8. The van der Waals surface area contributed by atoms with Crippen LogP contribution in [0.4, 0.5) is 5.69 Å². The highest BCUT2D eigenvalue weighted by Gasteiger charge is 2.17. The maximum absolute atomic E-state index is 12.5. The predicted molar refractivity (Wildman–Crippen MR) is 113 cm³/mol. The number of hydrogen-bond acceptors (Lipinski definition) is 3. The minimum atomic E-state index is -0.239. The normalized spacial score (nSPS) is 11.2. The zero-order chi connectivity index (χ0) is 18.9. The number of carbonyl (C=O) groups excluding carboxylic acids is 2. The minimum absolute atomic E-state index is 0. The van der Waals surface area contributed by atoms with Crippen LogP contribution in [-0.2, 0) is 4.79 Å². The summed E-state index contributed by atoms with van der Waals surface area (Å²) in [6.07, 6.45) is 1.24. The molecule has 0 aliphatic carbocycles. The molecule has 0 fully saturated rings. The van der Waals surface area contributed by atoms with Crippen LogP contribution in [0.3, 0.4) is 0 Å². The van der Waals surface area contributed by atoms with Crippen LogP contribution < -0.4 is 16.4 Å². The second-order valence-corrected chi connectivity index (χ2v) is 6.36. The molecule has 1 atom stereocenters. The van der Waals surface area contributed by atoms with Gasteiger partial charge < -0.3 is 16.4 Å². The monoisotopic (exact) mass is 389 g/mol. The molecule has 2 rings (SSSR count). The molecule has 2 aromatic carbocycles.